The van der Waals surface area contributed by atoms with Gasteiger partial charge in [-0.1, -0.05) is 24.8 Å². The lowest BCUT2D eigenvalue weighted by Crippen LogP contribution is -2.35. The minimum atomic E-state index is -0.292. The fourth-order valence-corrected chi connectivity index (χ4v) is 2.16. The van der Waals surface area contributed by atoms with E-state index in [0.717, 1.165) is 12.1 Å². The molecule has 21 heavy (non-hydrogen) atoms. The van der Waals surface area contributed by atoms with Crippen molar-refractivity contribution in [2.24, 2.45) is 0 Å². The zero-order chi connectivity index (χ0) is 15.7. The number of likely N-dealkylation sites (N-methyl/N-ethyl adjacent to an activating group) is 1. The number of halogens is 1. The van der Waals surface area contributed by atoms with Crippen molar-refractivity contribution in [2.75, 3.05) is 26.9 Å². The van der Waals surface area contributed by atoms with Crippen LogP contribution in [0, 0.1) is 17.7 Å². The van der Waals surface area contributed by atoms with Crippen molar-refractivity contribution in [1.29, 1.82) is 0 Å². The highest BCUT2D eigenvalue weighted by molar-refractivity contribution is 5.41. The normalized spacial score (nSPS) is 12.1. The monoisotopic (exact) mass is 293 g/mol. The lowest BCUT2D eigenvalue weighted by atomic mass is 10.1. The quantitative estimate of drug-likeness (QED) is 0.784. The molecule has 0 aliphatic heterocycles. The molecule has 0 aliphatic rings. The third-order valence-corrected chi connectivity index (χ3v) is 3.34. The number of methoxy groups -OCH3 is 1. The molecule has 0 bridgehead atoms. The number of hydrogen-bond acceptors (Lipinski definition) is 3. The van der Waals surface area contributed by atoms with Crippen LogP contribution >= 0.6 is 0 Å². The molecule has 0 heterocycles. The number of nitrogens with zero attached hydrogens (tertiary/aromatic N) is 1. The summed E-state index contributed by atoms with van der Waals surface area (Å²) < 4.78 is 18.6. The van der Waals surface area contributed by atoms with Gasteiger partial charge in [0.1, 0.15) is 5.82 Å². The van der Waals surface area contributed by atoms with Crippen molar-refractivity contribution in [1.82, 2.24) is 4.90 Å². The van der Waals surface area contributed by atoms with Crippen molar-refractivity contribution in [3.63, 3.8) is 0 Å². The zero-order valence-electron chi connectivity index (χ0n) is 13.0. The standard InChI is InChI=1S/C17H24FNO2/c1-4-19(14(2)13-21-3)12-16-8-9-17(18)11-15(16)7-5-6-10-20/h8-9,11,14,20H,4,6,10,12-13H2,1-3H3. The van der Waals surface area contributed by atoms with Crippen molar-refractivity contribution < 1.29 is 14.2 Å². The first-order valence-corrected chi connectivity index (χ1v) is 7.23. The molecule has 0 spiro atoms. The Kier molecular flexibility index (Phi) is 7.99. The first kappa shape index (κ1) is 17.6. The Hall–Kier alpha value is -1.41. The molecule has 3 nitrogen and oxygen atoms in total. The summed E-state index contributed by atoms with van der Waals surface area (Å²) in [5.41, 5.74) is 1.68. The first-order chi connectivity index (χ1) is 10.1. The van der Waals surface area contributed by atoms with E-state index in [1.165, 1.54) is 12.1 Å². The third-order valence-electron chi connectivity index (χ3n) is 3.34. The van der Waals surface area contributed by atoms with E-state index in [-0.39, 0.29) is 18.5 Å². The van der Waals surface area contributed by atoms with Gasteiger partial charge in [-0.05, 0) is 31.2 Å². The van der Waals surface area contributed by atoms with Crippen LogP contribution in [-0.4, -0.2) is 42.9 Å². The summed E-state index contributed by atoms with van der Waals surface area (Å²) in [6, 6.07) is 4.97. The van der Waals surface area contributed by atoms with E-state index >= 15 is 0 Å². The number of ether oxygens (including phenoxy) is 1. The Labute approximate surface area is 126 Å². The van der Waals surface area contributed by atoms with Crippen molar-refractivity contribution in [2.45, 2.75) is 32.9 Å². The molecule has 0 amide bonds. The molecule has 0 saturated heterocycles. The minimum absolute atomic E-state index is 0.0175. The summed E-state index contributed by atoms with van der Waals surface area (Å²) in [6.07, 6.45) is 0.396. The lowest BCUT2D eigenvalue weighted by Gasteiger charge is -2.27. The zero-order valence-corrected chi connectivity index (χ0v) is 13.0. The Balaban J connectivity index is 2.93. The Morgan fingerprint density at radius 2 is 2.19 bits per heavy atom. The molecule has 4 heteroatoms. The summed E-state index contributed by atoms with van der Waals surface area (Å²) in [7, 11) is 1.69. The highest BCUT2D eigenvalue weighted by atomic mass is 19.1. The van der Waals surface area contributed by atoms with Crippen LogP contribution in [0.25, 0.3) is 0 Å². The van der Waals surface area contributed by atoms with Gasteiger partial charge < -0.3 is 9.84 Å². The highest BCUT2D eigenvalue weighted by Crippen LogP contribution is 2.15. The maximum Gasteiger partial charge on any atom is 0.124 e. The maximum absolute atomic E-state index is 13.4. The molecule has 1 aromatic rings. The van der Waals surface area contributed by atoms with E-state index in [2.05, 4.69) is 30.6 Å². The van der Waals surface area contributed by atoms with Gasteiger partial charge in [0, 0.05) is 31.7 Å². The average molecular weight is 293 g/mol. The smallest absolute Gasteiger partial charge is 0.124 e. The van der Waals surface area contributed by atoms with E-state index in [9.17, 15) is 4.39 Å². The second-order valence-corrected chi connectivity index (χ2v) is 4.94. The second-order valence-electron chi connectivity index (χ2n) is 4.94. The molecule has 1 unspecified atom stereocenters. The molecule has 0 fully saturated rings. The second kappa shape index (κ2) is 9.51. The van der Waals surface area contributed by atoms with E-state index in [1.54, 1.807) is 13.2 Å². The van der Waals surface area contributed by atoms with Gasteiger partial charge in [0.25, 0.3) is 0 Å². The van der Waals surface area contributed by atoms with Gasteiger partial charge in [0.15, 0.2) is 0 Å². The fraction of sp³-hybridized carbons (Fsp3) is 0.529. The predicted octanol–water partition coefficient (Wildman–Crippen LogP) is 2.42. The topological polar surface area (TPSA) is 32.7 Å². The van der Waals surface area contributed by atoms with Gasteiger partial charge in [-0.25, -0.2) is 4.39 Å². The predicted molar refractivity (Wildman–Crippen MR) is 82.4 cm³/mol. The van der Waals surface area contributed by atoms with Crippen LogP contribution in [0.3, 0.4) is 0 Å². The van der Waals surface area contributed by atoms with Crippen LogP contribution in [0.1, 0.15) is 31.4 Å². The van der Waals surface area contributed by atoms with E-state index in [0.29, 0.717) is 25.1 Å². The molecule has 1 aromatic carbocycles. The van der Waals surface area contributed by atoms with Crippen molar-refractivity contribution >= 4 is 0 Å². The Morgan fingerprint density at radius 1 is 1.43 bits per heavy atom. The SMILES string of the molecule is CCN(Cc1ccc(F)cc1C#CCCO)C(C)COC. The number of hydrogen-bond donors (Lipinski definition) is 1. The van der Waals surface area contributed by atoms with Crippen LogP contribution < -0.4 is 0 Å². The third kappa shape index (κ3) is 5.84. The van der Waals surface area contributed by atoms with Gasteiger partial charge in [-0.2, -0.15) is 0 Å². The van der Waals surface area contributed by atoms with Crippen LogP contribution in [-0.2, 0) is 11.3 Å². The highest BCUT2D eigenvalue weighted by Gasteiger charge is 2.14. The molecule has 1 rings (SSSR count). The average Bonchev–Trinajstić information content (AvgIpc) is 2.47. The molecule has 0 radical (unpaired) electrons. The molecule has 0 aliphatic carbocycles. The van der Waals surface area contributed by atoms with Crippen molar-refractivity contribution in [3.8, 4) is 11.8 Å². The van der Waals surface area contributed by atoms with E-state index < -0.39 is 0 Å². The lowest BCUT2D eigenvalue weighted by molar-refractivity contribution is 0.0981. The number of rotatable bonds is 7. The molecule has 0 aromatic heterocycles. The molecule has 1 N–H and O–H groups in total. The van der Waals surface area contributed by atoms with Crippen LogP contribution in [0.2, 0.25) is 0 Å². The van der Waals surface area contributed by atoms with Gasteiger partial charge in [0.2, 0.25) is 0 Å². The summed E-state index contributed by atoms with van der Waals surface area (Å²) in [4.78, 5) is 2.26. The van der Waals surface area contributed by atoms with Crippen LogP contribution in [0.15, 0.2) is 18.2 Å². The summed E-state index contributed by atoms with van der Waals surface area (Å²) >= 11 is 0. The van der Waals surface area contributed by atoms with Gasteiger partial charge in [0.05, 0.1) is 13.2 Å². The first-order valence-electron chi connectivity index (χ1n) is 7.23. The minimum Gasteiger partial charge on any atom is -0.395 e. The summed E-state index contributed by atoms with van der Waals surface area (Å²) in [5.74, 6) is 5.51. The van der Waals surface area contributed by atoms with Gasteiger partial charge >= 0.3 is 0 Å². The largest absolute Gasteiger partial charge is 0.395 e. The number of benzene rings is 1. The number of aliphatic hydroxyl groups excluding tert-OH is 1. The van der Waals surface area contributed by atoms with E-state index in [4.69, 9.17) is 9.84 Å². The Morgan fingerprint density at radius 3 is 2.81 bits per heavy atom. The maximum atomic E-state index is 13.4. The molecule has 1 atom stereocenters. The van der Waals surface area contributed by atoms with Crippen molar-refractivity contribution in [3.05, 3.63) is 35.1 Å². The number of aliphatic hydroxyl groups is 1. The van der Waals surface area contributed by atoms with E-state index in [1.807, 2.05) is 0 Å². The Bertz CT molecular complexity index is 493. The molecular formula is C17H24FNO2. The molecular weight excluding hydrogens is 269 g/mol. The molecule has 116 valence electrons. The fourth-order valence-electron chi connectivity index (χ4n) is 2.16. The van der Waals surface area contributed by atoms with Crippen LogP contribution in [0.4, 0.5) is 4.39 Å². The summed E-state index contributed by atoms with van der Waals surface area (Å²) in [5, 5.41) is 8.78. The van der Waals surface area contributed by atoms with Gasteiger partial charge in [-0.15, -0.1) is 0 Å². The van der Waals surface area contributed by atoms with Crippen LogP contribution in [0.5, 0.6) is 0 Å². The van der Waals surface area contributed by atoms with Gasteiger partial charge in [-0.3, -0.25) is 4.90 Å². The summed E-state index contributed by atoms with van der Waals surface area (Å²) in [6.45, 7) is 6.44. The molecule has 0 saturated carbocycles.